The molecular formula is C11H21N3O4. The zero-order chi connectivity index (χ0) is 13.4. The summed E-state index contributed by atoms with van der Waals surface area (Å²) in [6.07, 6.45) is -0.620. The molecule has 104 valence electrons. The Bertz CT molecular complexity index is 279. The number of nitrogens with zero attached hydrogens (tertiary/aromatic N) is 1. The van der Waals surface area contributed by atoms with Gasteiger partial charge in [0.25, 0.3) is 0 Å². The number of hydrogen-bond donors (Lipinski definition) is 2. The van der Waals surface area contributed by atoms with Gasteiger partial charge in [0.15, 0.2) is 0 Å². The van der Waals surface area contributed by atoms with Gasteiger partial charge >= 0.3 is 6.09 Å². The third kappa shape index (κ3) is 5.95. The maximum absolute atomic E-state index is 11.5. The minimum Gasteiger partial charge on any atom is -0.450 e. The van der Waals surface area contributed by atoms with Gasteiger partial charge in [-0.05, 0) is 14.0 Å². The Morgan fingerprint density at radius 3 is 2.94 bits per heavy atom. The summed E-state index contributed by atoms with van der Waals surface area (Å²) in [4.78, 5) is 24.3. The highest BCUT2D eigenvalue weighted by Crippen LogP contribution is 1.98. The second-order valence-corrected chi connectivity index (χ2v) is 4.16. The van der Waals surface area contributed by atoms with Gasteiger partial charge in [0, 0.05) is 19.6 Å². The number of morpholine rings is 1. The first-order valence-corrected chi connectivity index (χ1v) is 6.09. The van der Waals surface area contributed by atoms with Crippen molar-refractivity contribution in [3.63, 3.8) is 0 Å². The predicted octanol–water partition coefficient (Wildman–Crippen LogP) is -0.821. The normalized spacial score (nSPS) is 19.6. The predicted molar refractivity (Wildman–Crippen MR) is 65.3 cm³/mol. The summed E-state index contributed by atoms with van der Waals surface area (Å²) in [6.45, 7) is 5.04. The molecule has 1 aliphatic rings. The van der Waals surface area contributed by atoms with Gasteiger partial charge in [0.1, 0.15) is 0 Å². The number of imide groups is 1. The first-order chi connectivity index (χ1) is 8.61. The van der Waals surface area contributed by atoms with Crippen LogP contribution in [-0.2, 0) is 14.3 Å². The fourth-order valence-corrected chi connectivity index (χ4v) is 1.71. The van der Waals surface area contributed by atoms with E-state index in [1.165, 1.54) is 0 Å². The molecule has 2 amide bonds. The second kappa shape index (κ2) is 8.02. The van der Waals surface area contributed by atoms with E-state index in [2.05, 4.69) is 15.4 Å². The minimum absolute atomic E-state index is 0.0825. The maximum Gasteiger partial charge on any atom is 0.413 e. The van der Waals surface area contributed by atoms with Crippen LogP contribution in [0, 0.1) is 0 Å². The molecule has 0 aromatic carbocycles. The summed E-state index contributed by atoms with van der Waals surface area (Å²) in [6, 6.07) is 0. The zero-order valence-electron chi connectivity index (χ0n) is 10.9. The lowest BCUT2D eigenvalue weighted by molar-refractivity contribution is -0.121. The molecule has 7 heteroatoms. The van der Waals surface area contributed by atoms with E-state index in [4.69, 9.17) is 4.74 Å². The number of amides is 2. The molecule has 0 bridgehead atoms. The van der Waals surface area contributed by atoms with E-state index in [1.54, 1.807) is 6.92 Å². The number of nitrogens with one attached hydrogen (secondary N) is 2. The number of ether oxygens (including phenoxy) is 2. The highest BCUT2D eigenvalue weighted by molar-refractivity contribution is 5.92. The number of carbonyl (C=O) groups is 2. The molecule has 0 aromatic heterocycles. The molecule has 0 aliphatic carbocycles. The van der Waals surface area contributed by atoms with Crippen LogP contribution >= 0.6 is 0 Å². The van der Waals surface area contributed by atoms with Crippen molar-refractivity contribution >= 4 is 12.0 Å². The molecule has 1 rings (SSSR count). The molecule has 0 spiro atoms. The fourth-order valence-electron chi connectivity index (χ4n) is 1.71. The standard InChI is InChI=1S/C11H21N3O4/c1-3-17-11(16)13-10(15)8-14(2)7-9-6-12-4-5-18-9/h9,12H,3-8H2,1-2H3,(H,13,15,16). The van der Waals surface area contributed by atoms with Crippen molar-refractivity contribution in [2.75, 3.05) is 46.4 Å². The molecule has 1 fully saturated rings. The SMILES string of the molecule is CCOC(=O)NC(=O)CN(C)CC1CNCCO1. The van der Waals surface area contributed by atoms with Crippen LogP contribution in [0.15, 0.2) is 0 Å². The van der Waals surface area contributed by atoms with E-state index in [0.717, 1.165) is 13.1 Å². The van der Waals surface area contributed by atoms with Crippen LogP contribution in [0.5, 0.6) is 0 Å². The number of alkyl carbamates (subject to hydrolysis) is 1. The van der Waals surface area contributed by atoms with Gasteiger partial charge in [-0.3, -0.25) is 15.0 Å². The Morgan fingerprint density at radius 2 is 2.33 bits per heavy atom. The lowest BCUT2D eigenvalue weighted by atomic mass is 10.3. The van der Waals surface area contributed by atoms with Gasteiger partial charge in [0.05, 0.1) is 25.9 Å². The smallest absolute Gasteiger partial charge is 0.413 e. The molecular weight excluding hydrogens is 238 g/mol. The molecule has 0 radical (unpaired) electrons. The zero-order valence-corrected chi connectivity index (χ0v) is 10.9. The van der Waals surface area contributed by atoms with Crippen molar-refractivity contribution < 1.29 is 19.1 Å². The molecule has 7 nitrogen and oxygen atoms in total. The van der Waals surface area contributed by atoms with Crippen molar-refractivity contribution in [3.05, 3.63) is 0 Å². The Hall–Kier alpha value is -1.18. The summed E-state index contributed by atoms with van der Waals surface area (Å²) in [7, 11) is 1.81. The molecule has 1 saturated heterocycles. The van der Waals surface area contributed by atoms with Crippen molar-refractivity contribution in [1.82, 2.24) is 15.5 Å². The van der Waals surface area contributed by atoms with Crippen molar-refractivity contribution in [2.45, 2.75) is 13.0 Å². The molecule has 2 N–H and O–H groups in total. The number of likely N-dealkylation sites (N-methyl/N-ethyl adjacent to an activating group) is 1. The van der Waals surface area contributed by atoms with Crippen LogP contribution in [0.4, 0.5) is 4.79 Å². The van der Waals surface area contributed by atoms with Crippen molar-refractivity contribution in [3.8, 4) is 0 Å². The second-order valence-electron chi connectivity index (χ2n) is 4.16. The number of hydrogen-bond acceptors (Lipinski definition) is 6. The molecule has 1 heterocycles. The third-order valence-corrected chi connectivity index (χ3v) is 2.45. The fraction of sp³-hybridized carbons (Fsp3) is 0.818. The number of rotatable bonds is 5. The van der Waals surface area contributed by atoms with Crippen LogP contribution in [0.25, 0.3) is 0 Å². The quantitative estimate of drug-likeness (QED) is 0.671. The number of carbonyl (C=O) groups excluding carboxylic acids is 2. The maximum atomic E-state index is 11.5. The summed E-state index contributed by atoms with van der Waals surface area (Å²) in [5.41, 5.74) is 0. The van der Waals surface area contributed by atoms with E-state index in [-0.39, 0.29) is 25.2 Å². The molecule has 0 aromatic rings. The summed E-state index contributed by atoms with van der Waals surface area (Å²) in [5.74, 6) is -0.375. The average molecular weight is 259 g/mol. The Morgan fingerprint density at radius 1 is 1.56 bits per heavy atom. The third-order valence-electron chi connectivity index (χ3n) is 2.45. The van der Waals surface area contributed by atoms with E-state index in [9.17, 15) is 9.59 Å². The first-order valence-electron chi connectivity index (χ1n) is 6.09. The molecule has 1 unspecified atom stereocenters. The van der Waals surface area contributed by atoms with Crippen LogP contribution in [0.3, 0.4) is 0 Å². The lowest BCUT2D eigenvalue weighted by Crippen LogP contribution is -2.47. The van der Waals surface area contributed by atoms with Gasteiger partial charge in [0.2, 0.25) is 5.91 Å². The lowest BCUT2D eigenvalue weighted by Gasteiger charge is -2.27. The Balaban J connectivity index is 2.19. The summed E-state index contributed by atoms with van der Waals surface area (Å²) >= 11 is 0. The topological polar surface area (TPSA) is 79.9 Å². The van der Waals surface area contributed by atoms with Gasteiger partial charge in [-0.25, -0.2) is 4.79 Å². The molecule has 0 saturated carbocycles. The van der Waals surface area contributed by atoms with Crippen LogP contribution < -0.4 is 10.6 Å². The van der Waals surface area contributed by atoms with Gasteiger partial charge in [-0.2, -0.15) is 0 Å². The highest BCUT2D eigenvalue weighted by atomic mass is 16.5. The van der Waals surface area contributed by atoms with E-state index in [0.29, 0.717) is 13.2 Å². The Labute approximate surface area is 107 Å². The van der Waals surface area contributed by atoms with Crippen molar-refractivity contribution in [2.24, 2.45) is 0 Å². The van der Waals surface area contributed by atoms with Crippen LogP contribution in [0.1, 0.15) is 6.92 Å². The van der Waals surface area contributed by atoms with Gasteiger partial charge in [-0.15, -0.1) is 0 Å². The van der Waals surface area contributed by atoms with Crippen LogP contribution in [-0.4, -0.2) is 69.4 Å². The van der Waals surface area contributed by atoms with E-state index < -0.39 is 6.09 Å². The van der Waals surface area contributed by atoms with Gasteiger partial charge in [-0.1, -0.05) is 0 Å². The molecule has 1 atom stereocenters. The van der Waals surface area contributed by atoms with Gasteiger partial charge < -0.3 is 14.8 Å². The highest BCUT2D eigenvalue weighted by Gasteiger charge is 2.17. The Kier molecular flexibility index (Phi) is 6.63. The molecule has 1 aliphatic heterocycles. The van der Waals surface area contributed by atoms with E-state index in [1.807, 2.05) is 11.9 Å². The van der Waals surface area contributed by atoms with Crippen LogP contribution in [0.2, 0.25) is 0 Å². The first kappa shape index (κ1) is 14.9. The largest absolute Gasteiger partial charge is 0.450 e. The van der Waals surface area contributed by atoms with Crippen molar-refractivity contribution in [1.29, 1.82) is 0 Å². The summed E-state index contributed by atoms with van der Waals surface area (Å²) < 4.78 is 10.1. The minimum atomic E-state index is -0.702. The van der Waals surface area contributed by atoms with E-state index >= 15 is 0 Å². The monoisotopic (exact) mass is 259 g/mol. The summed E-state index contributed by atoms with van der Waals surface area (Å²) in [5, 5.41) is 5.37. The molecule has 18 heavy (non-hydrogen) atoms. The average Bonchev–Trinajstić information content (AvgIpc) is 2.29.